The van der Waals surface area contributed by atoms with E-state index >= 15 is 0 Å². The Morgan fingerprint density at radius 1 is 1.10 bits per heavy atom. The minimum atomic E-state index is -0.297. The van der Waals surface area contributed by atoms with Crippen molar-refractivity contribution in [1.82, 2.24) is 9.38 Å². The Balaban J connectivity index is 2.20. The van der Waals surface area contributed by atoms with E-state index in [-0.39, 0.29) is 11.1 Å². The fourth-order valence-corrected chi connectivity index (χ4v) is 3.95. The molecule has 0 N–H and O–H groups in total. The van der Waals surface area contributed by atoms with Gasteiger partial charge in [-0.25, -0.2) is 0 Å². The van der Waals surface area contributed by atoms with E-state index in [4.69, 9.17) is 0 Å². The lowest BCUT2D eigenvalue weighted by Gasteiger charge is -1.97. The van der Waals surface area contributed by atoms with Crippen LogP contribution in [0, 0.1) is 0 Å². The highest BCUT2D eigenvalue weighted by Gasteiger charge is 2.10. The molecular weight excluding hydrogens is 304 g/mol. The maximum atomic E-state index is 12.6. The van der Waals surface area contributed by atoms with E-state index in [0.717, 1.165) is 4.88 Å². The topological polar surface area (TPSA) is 51.4 Å². The van der Waals surface area contributed by atoms with Crippen LogP contribution in [-0.4, -0.2) is 9.38 Å². The van der Waals surface area contributed by atoms with Gasteiger partial charge in [-0.15, -0.1) is 11.3 Å². The molecule has 21 heavy (non-hydrogen) atoms. The Labute approximate surface area is 126 Å². The number of thiazole rings is 1. The van der Waals surface area contributed by atoms with Crippen molar-refractivity contribution in [2.45, 2.75) is 0 Å². The van der Waals surface area contributed by atoms with Gasteiger partial charge in [-0.1, -0.05) is 29.5 Å². The SMILES string of the molecule is O=c1nc2s/c(=C\c3cccs3)c(=O)n2c2ccccc12. The van der Waals surface area contributed by atoms with Gasteiger partial charge in [0.15, 0.2) is 0 Å². The zero-order valence-electron chi connectivity index (χ0n) is 10.6. The summed E-state index contributed by atoms with van der Waals surface area (Å²) in [6.07, 6.45) is 1.84. The predicted molar refractivity (Wildman–Crippen MR) is 86.2 cm³/mol. The van der Waals surface area contributed by atoms with Gasteiger partial charge in [-0.3, -0.25) is 14.0 Å². The highest BCUT2D eigenvalue weighted by molar-refractivity contribution is 7.15. The second-order valence-electron chi connectivity index (χ2n) is 4.48. The number of thiophene rings is 1. The molecule has 0 bridgehead atoms. The van der Waals surface area contributed by atoms with Crippen LogP contribution in [0.2, 0.25) is 0 Å². The van der Waals surface area contributed by atoms with Crippen molar-refractivity contribution >= 4 is 44.6 Å². The van der Waals surface area contributed by atoms with Gasteiger partial charge in [0.1, 0.15) is 0 Å². The third kappa shape index (κ3) is 1.91. The van der Waals surface area contributed by atoms with Crippen LogP contribution in [0.5, 0.6) is 0 Å². The second-order valence-corrected chi connectivity index (χ2v) is 6.47. The number of hydrogen-bond donors (Lipinski definition) is 0. The van der Waals surface area contributed by atoms with Crippen molar-refractivity contribution < 1.29 is 0 Å². The van der Waals surface area contributed by atoms with Crippen LogP contribution in [0.3, 0.4) is 0 Å². The standard InChI is InChI=1S/C15H8N2O2S2/c18-13-10-5-1-2-6-11(10)17-14(19)12(21-15(17)16-13)8-9-4-3-7-20-9/h1-8H/b12-8-. The molecule has 0 fully saturated rings. The van der Waals surface area contributed by atoms with Crippen LogP contribution in [0.15, 0.2) is 51.4 Å². The van der Waals surface area contributed by atoms with Crippen LogP contribution < -0.4 is 15.7 Å². The molecule has 4 aromatic rings. The molecule has 0 unspecified atom stereocenters. The number of aromatic nitrogens is 2. The van der Waals surface area contributed by atoms with Crippen LogP contribution in [-0.2, 0) is 0 Å². The molecular formula is C15H8N2O2S2. The second kappa shape index (κ2) is 4.61. The van der Waals surface area contributed by atoms with Gasteiger partial charge in [0.05, 0.1) is 15.4 Å². The maximum Gasteiger partial charge on any atom is 0.281 e. The van der Waals surface area contributed by atoms with Crippen molar-refractivity contribution in [1.29, 1.82) is 0 Å². The summed E-state index contributed by atoms with van der Waals surface area (Å²) in [6, 6.07) is 10.9. The summed E-state index contributed by atoms with van der Waals surface area (Å²) in [6.45, 7) is 0. The first kappa shape index (κ1) is 12.4. The molecule has 0 saturated carbocycles. The van der Waals surface area contributed by atoms with E-state index in [1.807, 2.05) is 29.7 Å². The van der Waals surface area contributed by atoms with Gasteiger partial charge in [-0.2, -0.15) is 4.98 Å². The average molecular weight is 312 g/mol. The predicted octanol–water partition coefficient (Wildman–Crippen LogP) is 1.88. The zero-order chi connectivity index (χ0) is 14.4. The molecule has 6 heteroatoms. The quantitative estimate of drug-likeness (QED) is 0.539. The monoisotopic (exact) mass is 312 g/mol. The Morgan fingerprint density at radius 3 is 2.76 bits per heavy atom. The Morgan fingerprint density at radius 2 is 1.95 bits per heavy atom. The van der Waals surface area contributed by atoms with Gasteiger partial charge in [0.2, 0.25) is 4.96 Å². The van der Waals surface area contributed by atoms with E-state index in [0.29, 0.717) is 20.4 Å². The average Bonchev–Trinajstić information content (AvgIpc) is 3.09. The molecule has 102 valence electrons. The molecule has 4 rings (SSSR count). The Bertz CT molecular complexity index is 1120. The van der Waals surface area contributed by atoms with Gasteiger partial charge in [0, 0.05) is 4.88 Å². The normalized spacial score (nSPS) is 12.5. The summed E-state index contributed by atoms with van der Waals surface area (Å²) in [7, 11) is 0. The lowest BCUT2D eigenvalue weighted by atomic mass is 10.2. The molecule has 0 aliphatic rings. The first-order valence-corrected chi connectivity index (χ1v) is 7.93. The van der Waals surface area contributed by atoms with Crippen LogP contribution in [0.1, 0.15) is 4.88 Å². The lowest BCUT2D eigenvalue weighted by molar-refractivity contribution is 1.12. The molecule has 0 spiro atoms. The van der Waals surface area contributed by atoms with E-state index in [2.05, 4.69) is 4.98 Å². The summed E-state index contributed by atoms with van der Waals surface area (Å²) in [5.41, 5.74) is 0.182. The van der Waals surface area contributed by atoms with Gasteiger partial charge >= 0.3 is 0 Å². The minimum Gasteiger partial charge on any atom is -0.267 e. The highest BCUT2D eigenvalue weighted by atomic mass is 32.1. The number of para-hydroxylation sites is 1. The summed E-state index contributed by atoms with van der Waals surface area (Å²) >= 11 is 2.81. The lowest BCUT2D eigenvalue weighted by Crippen LogP contribution is -2.24. The van der Waals surface area contributed by atoms with Crippen molar-refractivity contribution in [3.05, 3.63) is 71.9 Å². The number of benzene rings is 1. The number of fused-ring (bicyclic) bond motifs is 3. The molecule has 4 nitrogen and oxygen atoms in total. The first-order chi connectivity index (χ1) is 10.2. The van der Waals surface area contributed by atoms with Gasteiger partial charge in [-0.05, 0) is 29.7 Å². The summed E-state index contributed by atoms with van der Waals surface area (Å²) in [4.78, 5) is 30.1. The minimum absolute atomic E-state index is 0.132. The van der Waals surface area contributed by atoms with Crippen molar-refractivity contribution in [2.75, 3.05) is 0 Å². The van der Waals surface area contributed by atoms with Crippen molar-refractivity contribution in [2.24, 2.45) is 0 Å². The molecule has 0 atom stereocenters. The Kier molecular flexibility index (Phi) is 2.73. The first-order valence-electron chi connectivity index (χ1n) is 6.23. The van der Waals surface area contributed by atoms with Crippen LogP contribution in [0.4, 0.5) is 0 Å². The van der Waals surface area contributed by atoms with Crippen molar-refractivity contribution in [3.63, 3.8) is 0 Å². The van der Waals surface area contributed by atoms with Crippen LogP contribution in [0.25, 0.3) is 21.9 Å². The highest BCUT2D eigenvalue weighted by Crippen LogP contribution is 2.12. The molecule has 0 saturated heterocycles. The third-order valence-electron chi connectivity index (χ3n) is 3.20. The third-order valence-corrected chi connectivity index (χ3v) is 4.98. The zero-order valence-corrected chi connectivity index (χ0v) is 12.3. The van der Waals surface area contributed by atoms with E-state index in [1.54, 1.807) is 29.5 Å². The summed E-state index contributed by atoms with van der Waals surface area (Å²) in [5, 5.41) is 2.42. The number of hydrogen-bond acceptors (Lipinski definition) is 5. The fraction of sp³-hybridized carbons (Fsp3) is 0. The molecule has 0 aliphatic carbocycles. The van der Waals surface area contributed by atoms with E-state index < -0.39 is 0 Å². The largest absolute Gasteiger partial charge is 0.281 e. The van der Waals surface area contributed by atoms with Crippen LogP contribution >= 0.6 is 22.7 Å². The van der Waals surface area contributed by atoms with E-state index in [1.165, 1.54) is 15.7 Å². The number of nitrogens with zero attached hydrogens (tertiary/aromatic N) is 2. The van der Waals surface area contributed by atoms with Crippen molar-refractivity contribution in [3.8, 4) is 0 Å². The Hall–Kier alpha value is -2.31. The van der Waals surface area contributed by atoms with Gasteiger partial charge < -0.3 is 0 Å². The summed E-state index contributed by atoms with van der Waals surface area (Å²) < 4.78 is 2.10. The molecule has 0 radical (unpaired) electrons. The van der Waals surface area contributed by atoms with E-state index in [9.17, 15) is 9.59 Å². The molecule has 1 aromatic carbocycles. The molecule has 3 aromatic heterocycles. The molecule has 3 heterocycles. The fourth-order valence-electron chi connectivity index (χ4n) is 2.26. The number of rotatable bonds is 1. The smallest absolute Gasteiger partial charge is 0.267 e. The maximum absolute atomic E-state index is 12.6. The van der Waals surface area contributed by atoms with Gasteiger partial charge in [0.25, 0.3) is 11.1 Å². The molecule has 0 aliphatic heterocycles. The summed E-state index contributed by atoms with van der Waals surface area (Å²) in [5.74, 6) is 0. The molecule has 0 amide bonds.